The van der Waals surface area contributed by atoms with Crippen LogP contribution < -0.4 is 10.1 Å². The van der Waals surface area contributed by atoms with Crippen LogP contribution in [0.1, 0.15) is 11.1 Å². The minimum Gasteiger partial charge on any atom is -0.497 e. The number of methoxy groups -OCH3 is 1. The van der Waals surface area contributed by atoms with Gasteiger partial charge in [-0.05, 0) is 29.3 Å². The fourth-order valence-corrected chi connectivity index (χ4v) is 1.89. The van der Waals surface area contributed by atoms with Crippen LogP contribution in [0.4, 0.5) is 0 Å². The molecular formula is C19H19NO4. The van der Waals surface area contributed by atoms with Crippen molar-refractivity contribution in [2.45, 2.75) is 6.61 Å². The van der Waals surface area contributed by atoms with Gasteiger partial charge in [-0.1, -0.05) is 42.5 Å². The molecule has 0 atom stereocenters. The minimum atomic E-state index is -0.481. The molecule has 0 saturated heterocycles. The van der Waals surface area contributed by atoms with E-state index in [0.29, 0.717) is 0 Å². The maximum absolute atomic E-state index is 11.7. The first-order chi connectivity index (χ1) is 11.7. The molecule has 124 valence electrons. The second kappa shape index (κ2) is 9.15. The summed E-state index contributed by atoms with van der Waals surface area (Å²) in [6.45, 7) is 0.0237. The van der Waals surface area contributed by atoms with Crippen LogP contribution in [0.3, 0.4) is 0 Å². The van der Waals surface area contributed by atoms with Crippen LogP contribution in [0.2, 0.25) is 0 Å². The van der Waals surface area contributed by atoms with Crippen LogP contribution in [0, 0.1) is 0 Å². The van der Waals surface area contributed by atoms with E-state index in [-0.39, 0.29) is 19.1 Å². The smallest absolute Gasteiger partial charge is 0.325 e. The number of carbonyl (C=O) groups is 2. The molecule has 24 heavy (non-hydrogen) atoms. The summed E-state index contributed by atoms with van der Waals surface area (Å²) in [6, 6.07) is 16.6. The van der Waals surface area contributed by atoms with Gasteiger partial charge in [0.05, 0.1) is 7.11 Å². The molecule has 0 radical (unpaired) electrons. The van der Waals surface area contributed by atoms with Crippen LogP contribution in [0.15, 0.2) is 60.7 Å². The minimum absolute atomic E-state index is 0.168. The number of rotatable bonds is 7. The van der Waals surface area contributed by atoms with Crippen molar-refractivity contribution in [1.82, 2.24) is 5.32 Å². The van der Waals surface area contributed by atoms with Crippen molar-refractivity contribution in [3.8, 4) is 5.75 Å². The molecule has 0 fully saturated rings. The molecule has 1 amide bonds. The van der Waals surface area contributed by atoms with Crippen LogP contribution >= 0.6 is 0 Å². The molecule has 0 bridgehead atoms. The van der Waals surface area contributed by atoms with Crippen molar-refractivity contribution < 1.29 is 19.1 Å². The number of esters is 1. The molecule has 0 aliphatic carbocycles. The fraction of sp³-hybridized carbons (Fsp3) is 0.158. The Morgan fingerprint density at radius 3 is 2.42 bits per heavy atom. The van der Waals surface area contributed by atoms with Crippen molar-refractivity contribution in [3.63, 3.8) is 0 Å². The molecule has 0 aliphatic rings. The number of benzene rings is 2. The van der Waals surface area contributed by atoms with Gasteiger partial charge in [0.15, 0.2) is 0 Å². The maximum Gasteiger partial charge on any atom is 0.325 e. The van der Waals surface area contributed by atoms with Gasteiger partial charge in [0.2, 0.25) is 5.91 Å². The first-order valence-electron chi connectivity index (χ1n) is 7.47. The number of hydrogen-bond donors (Lipinski definition) is 1. The SMILES string of the molecule is COc1ccc(/C=C/C(=O)NCC(=O)OCc2ccccc2)cc1. The Labute approximate surface area is 140 Å². The normalized spacial score (nSPS) is 10.4. The van der Waals surface area contributed by atoms with Gasteiger partial charge in [-0.25, -0.2) is 0 Å². The summed E-state index contributed by atoms with van der Waals surface area (Å²) in [7, 11) is 1.59. The number of ether oxygens (including phenoxy) is 2. The predicted octanol–water partition coefficient (Wildman–Crippen LogP) is 2.57. The van der Waals surface area contributed by atoms with E-state index in [2.05, 4.69) is 5.32 Å². The summed E-state index contributed by atoms with van der Waals surface area (Å²) >= 11 is 0. The molecular weight excluding hydrogens is 306 g/mol. The zero-order chi connectivity index (χ0) is 17.2. The molecule has 0 heterocycles. The molecule has 5 heteroatoms. The number of hydrogen-bond acceptors (Lipinski definition) is 4. The Bertz CT molecular complexity index is 693. The second-order valence-corrected chi connectivity index (χ2v) is 4.97. The lowest BCUT2D eigenvalue weighted by Gasteiger charge is -2.05. The van der Waals surface area contributed by atoms with Crippen LogP contribution in [0.5, 0.6) is 5.75 Å². The van der Waals surface area contributed by atoms with Crippen LogP contribution in [-0.4, -0.2) is 25.5 Å². The zero-order valence-electron chi connectivity index (χ0n) is 13.4. The maximum atomic E-state index is 11.7. The van der Waals surface area contributed by atoms with Gasteiger partial charge < -0.3 is 14.8 Å². The average Bonchev–Trinajstić information content (AvgIpc) is 2.64. The van der Waals surface area contributed by atoms with E-state index in [1.165, 1.54) is 6.08 Å². The molecule has 1 N–H and O–H groups in total. The predicted molar refractivity (Wildman–Crippen MR) is 91.3 cm³/mol. The van der Waals surface area contributed by atoms with E-state index in [1.54, 1.807) is 25.3 Å². The Balaban J connectivity index is 1.71. The van der Waals surface area contributed by atoms with E-state index in [0.717, 1.165) is 16.9 Å². The Morgan fingerprint density at radius 1 is 1.04 bits per heavy atom. The molecule has 0 saturated carbocycles. The highest BCUT2D eigenvalue weighted by Gasteiger charge is 2.04. The number of amides is 1. The molecule has 2 aromatic carbocycles. The average molecular weight is 325 g/mol. The molecule has 0 aliphatic heterocycles. The van der Waals surface area contributed by atoms with Crippen LogP contribution in [-0.2, 0) is 20.9 Å². The third-order valence-electron chi connectivity index (χ3n) is 3.19. The first-order valence-corrected chi connectivity index (χ1v) is 7.47. The van der Waals surface area contributed by atoms with Crippen molar-refractivity contribution in [3.05, 3.63) is 71.8 Å². The highest BCUT2D eigenvalue weighted by atomic mass is 16.5. The third kappa shape index (κ3) is 5.96. The Morgan fingerprint density at radius 2 is 1.75 bits per heavy atom. The lowest BCUT2D eigenvalue weighted by atomic mass is 10.2. The highest BCUT2D eigenvalue weighted by molar-refractivity contribution is 5.93. The third-order valence-corrected chi connectivity index (χ3v) is 3.19. The molecule has 2 aromatic rings. The van der Waals surface area contributed by atoms with Crippen molar-refractivity contribution in [1.29, 1.82) is 0 Å². The van der Waals surface area contributed by atoms with Gasteiger partial charge in [-0.3, -0.25) is 9.59 Å². The summed E-state index contributed by atoms with van der Waals surface area (Å²) < 4.78 is 10.1. The summed E-state index contributed by atoms with van der Waals surface area (Å²) in [5.41, 5.74) is 1.76. The van der Waals surface area contributed by atoms with Gasteiger partial charge in [0.1, 0.15) is 18.9 Å². The Kier molecular flexibility index (Phi) is 6.58. The highest BCUT2D eigenvalue weighted by Crippen LogP contribution is 2.12. The van der Waals surface area contributed by atoms with Gasteiger partial charge in [-0.15, -0.1) is 0 Å². The molecule has 0 aromatic heterocycles. The second-order valence-electron chi connectivity index (χ2n) is 4.97. The standard InChI is InChI=1S/C19H19NO4/c1-23-17-10-7-15(8-11-17)9-12-18(21)20-13-19(22)24-14-16-5-3-2-4-6-16/h2-12H,13-14H2,1H3,(H,20,21)/b12-9+. The van der Waals surface area contributed by atoms with Crippen molar-refractivity contribution in [2.75, 3.05) is 13.7 Å². The Hall–Kier alpha value is -3.08. The summed E-state index contributed by atoms with van der Waals surface area (Å²) in [5, 5.41) is 2.49. The lowest BCUT2D eigenvalue weighted by Crippen LogP contribution is -2.29. The van der Waals surface area contributed by atoms with Crippen molar-refractivity contribution in [2.24, 2.45) is 0 Å². The first kappa shape index (κ1) is 17.3. The van der Waals surface area contributed by atoms with Gasteiger partial charge in [-0.2, -0.15) is 0 Å². The molecule has 2 rings (SSSR count). The number of carbonyl (C=O) groups excluding carboxylic acids is 2. The largest absolute Gasteiger partial charge is 0.497 e. The van der Waals surface area contributed by atoms with E-state index >= 15 is 0 Å². The summed E-state index contributed by atoms with van der Waals surface area (Å²) in [4.78, 5) is 23.3. The topological polar surface area (TPSA) is 64.6 Å². The van der Waals surface area contributed by atoms with Gasteiger partial charge in [0.25, 0.3) is 0 Å². The van der Waals surface area contributed by atoms with Gasteiger partial charge >= 0.3 is 5.97 Å². The van der Waals surface area contributed by atoms with E-state index in [9.17, 15) is 9.59 Å². The number of nitrogens with one attached hydrogen (secondary N) is 1. The molecule has 5 nitrogen and oxygen atoms in total. The molecule has 0 unspecified atom stereocenters. The van der Waals surface area contributed by atoms with E-state index in [4.69, 9.17) is 9.47 Å². The quantitative estimate of drug-likeness (QED) is 0.628. The fourth-order valence-electron chi connectivity index (χ4n) is 1.89. The van der Waals surface area contributed by atoms with Crippen LogP contribution in [0.25, 0.3) is 6.08 Å². The van der Waals surface area contributed by atoms with Crippen molar-refractivity contribution >= 4 is 18.0 Å². The monoisotopic (exact) mass is 325 g/mol. The lowest BCUT2D eigenvalue weighted by molar-refractivity contribution is -0.144. The van der Waals surface area contributed by atoms with E-state index in [1.807, 2.05) is 42.5 Å². The molecule has 0 spiro atoms. The van der Waals surface area contributed by atoms with Gasteiger partial charge in [0, 0.05) is 6.08 Å². The zero-order valence-corrected chi connectivity index (χ0v) is 13.4. The summed E-state index contributed by atoms with van der Waals surface area (Å²) in [5.74, 6) is -0.0923. The van der Waals surface area contributed by atoms with E-state index < -0.39 is 5.97 Å². The summed E-state index contributed by atoms with van der Waals surface area (Å²) in [6.07, 6.45) is 3.02.